The van der Waals surface area contributed by atoms with Crippen LogP contribution in [-0.2, 0) is 4.79 Å². The van der Waals surface area contributed by atoms with Gasteiger partial charge in [-0.15, -0.1) is 0 Å². The molecule has 1 N–H and O–H groups in total. The molecule has 1 fully saturated rings. The molecule has 126 valence electrons. The van der Waals surface area contributed by atoms with Crippen LogP contribution in [0.5, 0.6) is 0 Å². The second-order valence-electron chi connectivity index (χ2n) is 6.56. The molecule has 4 heterocycles. The Balaban J connectivity index is 1.88. The number of anilines is 2. The number of aryl methyl sites for hydroxylation is 1. The molecule has 0 aliphatic carbocycles. The molecule has 4 rings (SSSR count). The first-order chi connectivity index (χ1) is 11.6. The Kier molecular flexibility index (Phi) is 3.33. The van der Waals surface area contributed by atoms with Gasteiger partial charge >= 0.3 is 0 Å². The van der Waals surface area contributed by atoms with Gasteiger partial charge in [0.2, 0.25) is 11.9 Å². The summed E-state index contributed by atoms with van der Waals surface area (Å²) in [5.41, 5.74) is 0.217. The number of fused-ring (bicyclic) bond motifs is 3. The number of nitrogens with zero attached hydrogens (tertiary/aromatic N) is 5. The van der Waals surface area contributed by atoms with E-state index in [1.807, 2.05) is 17.7 Å². The lowest BCUT2D eigenvalue weighted by Crippen LogP contribution is -2.58. The molecule has 2 aliphatic heterocycles. The number of carbonyl (C=O) groups excluding carboxylic acids is 1. The monoisotopic (exact) mass is 326 g/mol. The van der Waals surface area contributed by atoms with Gasteiger partial charge in [0.25, 0.3) is 0 Å². The molecule has 2 aliphatic rings. The SMILES string of the molecule is CC[C@@H]1CCC2(CC)C(=O)Nc3cnc(-n4ccnc4C)nc3N12. The van der Waals surface area contributed by atoms with E-state index in [1.165, 1.54) is 0 Å². The summed E-state index contributed by atoms with van der Waals surface area (Å²) in [6, 6.07) is 0.335. The molecular weight excluding hydrogens is 304 g/mol. The fourth-order valence-corrected chi connectivity index (χ4v) is 4.08. The normalized spacial score (nSPS) is 25.4. The lowest BCUT2D eigenvalue weighted by atomic mass is 9.90. The average Bonchev–Trinajstić information content (AvgIpc) is 3.19. The smallest absolute Gasteiger partial charge is 0.250 e. The molecule has 2 aromatic heterocycles. The molecule has 2 atom stereocenters. The minimum Gasteiger partial charge on any atom is -0.337 e. The predicted octanol–water partition coefficient (Wildman–Crippen LogP) is 2.45. The van der Waals surface area contributed by atoms with Crippen LogP contribution in [0.4, 0.5) is 11.5 Å². The molecule has 0 bridgehead atoms. The molecule has 1 amide bonds. The van der Waals surface area contributed by atoms with Crippen molar-refractivity contribution in [1.82, 2.24) is 19.5 Å². The predicted molar refractivity (Wildman–Crippen MR) is 91.3 cm³/mol. The van der Waals surface area contributed by atoms with E-state index in [2.05, 4.69) is 34.0 Å². The summed E-state index contributed by atoms with van der Waals surface area (Å²) in [7, 11) is 0. The van der Waals surface area contributed by atoms with Gasteiger partial charge in [-0.25, -0.2) is 9.97 Å². The first kappa shape index (κ1) is 15.1. The molecule has 24 heavy (non-hydrogen) atoms. The van der Waals surface area contributed by atoms with Crippen LogP contribution in [0.25, 0.3) is 5.95 Å². The van der Waals surface area contributed by atoms with Crippen molar-refractivity contribution in [3.63, 3.8) is 0 Å². The standard InChI is InChI=1S/C17H22N6O/c1-4-12-6-7-17(5-2)15(24)20-13-10-19-16(21-14(13)23(12)17)22-9-8-18-11(22)3/h8-10,12H,4-7H2,1-3H3,(H,20,24)/t12-,17?/m1/s1. The third-order valence-electron chi connectivity index (χ3n) is 5.47. The van der Waals surface area contributed by atoms with Gasteiger partial charge in [0.1, 0.15) is 17.1 Å². The third kappa shape index (κ3) is 1.90. The molecule has 7 nitrogen and oxygen atoms in total. The average molecular weight is 326 g/mol. The Morgan fingerprint density at radius 3 is 2.88 bits per heavy atom. The molecule has 1 saturated heterocycles. The minimum absolute atomic E-state index is 0.0728. The van der Waals surface area contributed by atoms with Gasteiger partial charge in [0.15, 0.2) is 5.82 Å². The maximum atomic E-state index is 12.8. The van der Waals surface area contributed by atoms with Gasteiger partial charge in [-0.3, -0.25) is 9.36 Å². The van der Waals surface area contributed by atoms with E-state index in [4.69, 9.17) is 4.98 Å². The fraction of sp³-hybridized carbons (Fsp3) is 0.529. The number of carbonyl (C=O) groups is 1. The molecule has 1 unspecified atom stereocenters. The van der Waals surface area contributed by atoms with E-state index >= 15 is 0 Å². The topological polar surface area (TPSA) is 75.9 Å². The second-order valence-corrected chi connectivity index (χ2v) is 6.56. The van der Waals surface area contributed by atoms with Gasteiger partial charge in [-0.2, -0.15) is 4.98 Å². The number of imidazole rings is 1. The van der Waals surface area contributed by atoms with Crippen molar-refractivity contribution < 1.29 is 4.79 Å². The van der Waals surface area contributed by atoms with Crippen LogP contribution in [0.3, 0.4) is 0 Å². The third-order valence-corrected chi connectivity index (χ3v) is 5.47. The zero-order valence-electron chi connectivity index (χ0n) is 14.3. The number of rotatable bonds is 3. The van der Waals surface area contributed by atoms with Gasteiger partial charge < -0.3 is 10.2 Å². The van der Waals surface area contributed by atoms with Crippen molar-refractivity contribution in [1.29, 1.82) is 0 Å². The van der Waals surface area contributed by atoms with Gasteiger partial charge in [0.05, 0.1) is 6.20 Å². The molecule has 2 aromatic rings. The summed E-state index contributed by atoms with van der Waals surface area (Å²) in [6.07, 6.45) is 8.96. The summed E-state index contributed by atoms with van der Waals surface area (Å²) in [6.45, 7) is 6.17. The maximum absolute atomic E-state index is 12.8. The summed E-state index contributed by atoms with van der Waals surface area (Å²) >= 11 is 0. The molecular formula is C17H22N6O. The fourth-order valence-electron chi connectivity index (χ4n) is 4.08. The number of aromatic nitrogens is 4. The lowest BCUT2D eigenvalue weighted by Gasteiger charge is -2.44. The quantitative estimate of drug-likeness (QED) is 0.937. The molecule has 7 heteroatoms. The van der Waals surface area contributed by atoms with Crippen molar-refractivity contribution in [2.24, 2.45) is 0 Å². The van der Waals surface area contributed by atoms with E-state index in [0.717, 1.165) is 37.3 Å². The van der Waals surface area contributed by atoms with Gasteiger partial charge in [-0.1, -0.05) is 13.8 Å². The summed E-state index contributed by atoms with van der Waals surface area (Å²) in [4.78, 5) is 28.5. The first-order valence-electron chi connectivity index (χ1n) is 8.59. The Morgan fingerprint density at radius 1 is 1.38 bits per heavy atom. The Labute approximate surface area is 141 Å². The van der Waals surface area contributed by atoms with E-state index in [-0.39, 0.29) is 5.91 Å². The number of nitrogens with one attached hydrogen (secondary N) is 1. The number of amides is 1. The van der Waals surface area contributed by atoms with Crippen LogP contribution in [0, 0.1) is 6.92 Å². The van der Waals surface area contributed by atoms with Gasteiger partial charge in [0, 0.05) is 18.4 Å². The van der Waals surface area contributed by atoms with Crippen molar-refractivity contribution in [2.75, 3.05) is 10.2 Å². The zero-order chi connectivity index (χ0) is 16.9. The number of hydrogen-bond donors (Lipinski definition) is 1. The highest BCUT2D eigenvalue weighted by atomic mass is 16.2. The largest absolute Gasteiger partial charge is 0.337 e. The van der Waals surface area contributed by atoms with Crippen molar-refractivity contribution >= 4 is 17.4 Å². The Bertz CT molecular complexity index is 800. The second kappa shape index (κ2) is 5.29. The summed E-state index contributed by atoms with van der Waals surface area (Å²) in [5, 5.41) is 3.02. The first-order valence-corrected chi connectivity index (χ1v) is 8.59. The molecule has 0 aromatic carbocycles. The van der Waals surface area contributed by atoms with Crippen LogP contribution in [0.2, 0.25) is 0 Å². The van der Waals surface area contributed by atoms with Crippen LogP contribution in [-0.4, -0.2) is 37.0 Å². The Morgan fingerprint density at radius 2 is 2.21 bits per heavy atom. The molecule has 0 radical (unpaired) electrons. The number of hydrogen-bond acceptors (Lipinski definition) is 5. The van der Waals surface area contributed by atoms with E-state index in [9.17, 15) is 4.79 Å². The molecule has 0 spiro atoms. The van der Waals surface area contributed by atoms with Crippen LogP contribution < -0.4 is 10.2 Å². The van der Waals surface area contributed by atoms with Crippen LogP contribution in [0.15, 0.2) is 18.6 Å². The summed E-state index contributed by atoms with van der Waals surface area (Å²) in [5.74, 6) is 2.33. The van der Waals surface area contributed by atoms with Crippen molar-refractivity contribution in [2.45, 2.75) is 58.0 Å². The van der Waals surface area contributed by atoms with Gasteiger partial charge in [-0.05, 0) is 32.6 Å². The van der Waals surface area contributed by atoms with E-state index in [1.54, 1.807) is 12.4 Å². The maximum Gasteiger partial charge on any atom is 0.250 e. The van der Waals surface area contributed by atoms with E-state index < -0.39 is 5.54 Å². The van der Waals surface area contributed by atoms with Crippen molar-refractivity contribution in [3.05, 3.63) is 24.4 Å². The van der Waals surface area contributed by atoms with E-state index in [0.29, 0.717) is 17.7 Å². The highest BCUT2D eigenvalue weighted by molar-refractivity contribution is 6.06. The highest BCUT2D eigenvalue weighted by Gasteiger charge is 2.53. The lowest BCUT2D eigenvalue weighted by molar-refractivity contribution is -0.121. The highest BCUT2D eigenvalue weighted by Crippen LogP contribution is 2.47. The Hall–Kier alpha value is -2.44. The van der Waals surface area contributed by atoms with Crippen molar-refractivity contribution in [3.8, 4) is 5.95 Å². The van der Waals surface area contributed by atoms with Crippen LogP contribution in [0.1, 0.15) is 45.4 Å². The molecule has 0 saturated carbocycles. The van der Waals surface area contributed by atoms with Crippen LogP contribution >= 0.6 is 0 Å². The zero-order valence-corrected chi connectivity index (χ0v) is 14.3. The summed E-state index contributed by atoms with van der Waals surface area (Å²) < 4.78 is 1.86. The minimum atomic E-state index is -0.483.